The fraction of sp³-hybridized carbons (Fsp3) is 0.533. The van der Waals surface area contributed by atoms with Gasteiger partial charge in [0.25, 0.3) is 0 Å². The van der Waals surface area contributed by atoms with Crippen molar-refractivity contribution in [2.24, 2.45) is 5.41 Å². The lowest BCUT2D eigenvalue weighted by atomic mass is 9.88. The number of benzene rings is 1. The summed E-state index contributed by atoms with van der Waals surface area (Å²) in [5.74, 6) is -0.477. The van der Waals surface area contributed by atoms with Crippen LogP contribution < -0.4 is 5.32 Å². The van der Waals surface area contributed by atoms with Crippen LogP contribution in [0.4, 0.5) is 4.39 Å². The minimum absolute atomic E-state index is 0.0823. The number of aliphatic hydroxyl groups is 1. The van der Waals surface area contributed by atoms with Gasteiger partial charge in [0.05, 0.1) is 5.56 Å². The zero-order chi connectivity index (χ0) is 14.3. The molecule has 0 radical (unpaired) electrons. The predicted octanol–water partition coefficient (Wildman–Crippen LogP) is 2.59. The highest BCUT2D eigenvalue weighted by Crippen LogP contribution is 2.21. The molecule has 0 saturated carbocycles. The number of nitrogens with zero attached hydrogens (tertiary/aromatic N) is 1. The normalized spacial score (nSPS) is 11.3. The summed E-state index contributed by atoms with van der Waals surface area (Å²) in [6.07, 6.45) is 1.74. The predicted molar refractivity (Wildman–Crippen MR) is 72.9 cm³/mol. The molecule has 0 amide bonds. The highest BCUT2D eigenvalue weighted by molar-refractivity contribution is 5.34. The van der Waals surface area contributed by atoms with Crippen LogP contribution in [0.5, 0.6) is 0 Å². The molecule has 0 aliphatic carbocycles. The van der Waals surface area contributed by atoms with Crippen molar-refractivity contribution in [1.82, 2.24) is 5.32 Å². The number of hydrogen-bond acceptors (Lipinski definition) is 3. The van der Waals surface area contributed by atoms with Crippen LogP contribution in [0, 0.1) is 22.6 Å². The van der Waals surface area contributed by atoms with Gasteiger partial charge in [-0.2, -0.15) is 5.26 Å². The molecule has 1 aromatic rings. The first-order valence-electron chi connectivity index (χ1n) is 6.48. The molecule has 0 fully saturated rings. The maximum Gasteiger partial charge on any atom is 0.140 e. The molecule has 2 N–H and O–H groups in total. The van der Waals surface area contributed by atoms with E-state index in [4.69, 9.17) is 10.4 Å². The van der Waals surface area contributed by atoms with Gasteiger partial charge in [-0.3, -0.25) is 0 Å². The van der Waals surface area contributed by atoms with Crippen LogP contribution in [0.15, 0.2) is 18.2 Å². The average molecular weight is 264 g/mol. The number of nitriles is 1. The fourth-order valence-electron chi connectivity index (χ4n) is 1.96. The van der Waals surface area contributed by atoms with E-state index in [0.717, 1.165) is 24.9 Å². The van der Waals surface area contributed by atoms with Crippen molar-refractivity contribution < 1.29 is 9.50 Å². The molecule has 0 saturated heterocycles. The largest absolute Gasteiger partial charge is 0.396 e. The Morgan fingerprint density at radius 1 is 1.42 bits per heavy atom. The van der Waals surface area contributed by atoms with Gasteiger partial charge in [0.2, 0.25) is 0 Å². The molecular weight excluding hydrogens is 243 g/mol. The summed E-state index contributed by atoms with van der Waals surface area (Å²) in [6, 6.07) is 6.42. The topological polar surface area (TPSA) is 56.0 Å². The summed E-state index contributed by atoms with van der Waals surface area (Å²) < 4.78 is 13.2. The minimum Gasteiger partial charge on any atom is -0.396 e. The standard InChI is InChI=1S/C15H21FN2O/c1-15(2,6-3-7-19)11-18-10-12-4-5-14(16)13(8-12)9-17/h4-5,8,18-19H,3,6-7,10-11H2,1-2H3. The molecular formula is C15H21FN2O. The van der Waals surface area contributed by atoms with Gasteiger partial charge in [0, 0.05) is 19.7 Å². The molecule has 0 aliphatic heterocycles. The van der Waals surface area contributed by atoms with Crippen LogP contribution in [0.2, 0.25) is 0 Å². The number of halogens is 1. The zero-order valence-electron chi connectivity index (χ0n) is 11.5. The van der Waals surface area contributed by atoms with E-state index in [9.17, 15) is 4.39 Å². The molecule has 0 aromatic heterocycles. The van der Waals surface area contributed by atoms with Gasteiger partial charge >= 0.3 is 0 Å². The molecule has 0 unspecified atom stereocenters. The van der Waals surface area contributed by atoms with Gasteiger partial charge in [-0.1, -0.05) is 19.9 Å². The van der Waals surface area contributed by atoms with Crippen LogP contribution >= 0.6 is 0 Å². The SMILES string of the molecule is CC(C)(CCCO)CNCc1ccc(F)c(C#N)c1. The molecule has 0 heterocycles. The molecule has 4 heteroatoms. The van der Waals surface area contributed by atoms with E-state index in [1.165, 1.54) is 6.07 Å². The fourth-order valence-corrected chi connectivity index (χ4v) is 1.96. The van der Waals surface area contributed by atoms with Gasteiger partial charge in [0.15, 0.2) is 0 Å². The van der Waals surface area contributed by atoms with Crippen molar-refractivity contribution in [3.8, 4) is 6.07 Å². The van der Waals surface area contributed by atoms with Gasteiger partial charge < -0.3 is 10.4 Å². The third-order valence-electron chi connectivity index (χ3n) is 3.10. The van der Waals surface area contributed by atoms with Crippen molar-refractivity contribution in [2.75, 3.05) is 13.2 Å². The summed E-state index contributed by atoms with van der Waals surface area (Å²) in [6.45, 7) is 5.92. The molecule has 0 spiro atoms. The second-order valence-corrected chi connectivity index (χ2v) is 5.52. The van der Waals surface area contributed by atoms with Crippen LogP contribution in [0.3, 0.4) is 0 Å². The second-order valence-electron chi connectivity index (χ2n) is 5.52. The van der Waals surface area contributed by atoms with E-state index in [2.05, 4.69) is 19.2 Å². The lowest BCUT2D eigenvalue weighted by Crippen LogP contribution is -2.29. The van der Waals surface area contributed by atoms with Crippen LogP contribution in [-0.4, -0.2) is 18.3 Å². The number of aliphatic hydroxyl groups excluding tert-OH is 1. The van der Waals surface area contributed by atoms with E-state index in [0.29, 0.717) is 6.54 Å². The quantitative estimate of drug-likeness (QED) is 0.796. The van der Waals surface area contributed by atoms with E-state index in [1.807, 2.05) is 6.07 Å². The van der Waals surface area contributed by atoms with Crippen LogP contribution in [-0.2, 0) is 6.54 Å². The zero-order valence-corrected chi connectivity index (χ0v) is 11.5. The Bertz CT molecular complexity index is 452. The lowest BCUT2D eigenvalue weighted by molar-refractivity contribution is 0.236. The lowest BCUT2D eigenvalue weighted by Gasteiger charge is -2.24. The van der Waals surface area contributed by atoms with E-state index >= 15 is 0 Å². The maximum atomic E-state index is 13.2. The van der Waals surface area contributed by atoms with Crippen molar-refractivity contribution in [3.05, 3.63) is 35.1 Å². The molecule has 19 heavy (non-hydrogen) atoms. The monoisotopic (exact) mass is 264 g/mol. The van der Waals surface area contributed by atoms with Gasteiger partial charge in [0.1, 0.15) is 11.9 Å². The smallest absolute Gasteiger partial charge is 0.140 e. The Morgan fingerprint density at radius 3 is 2.79 bits per heavy atom. The third kappa shape index (κ3) is 5.37. The van der Waals surface area contributed by atoms with Crippen molar-refractivity contribution in [3.63, 3.8) is 0 Å². The highest BCUT2D eigenvalue weighted by atomic mass is 19.1. The molecule has 0 atom stereocenters. The summed E-state index contributed by atoms with van der Waals surface area (Å²) in [4.78, 5) is 0. The van der Waals surface area contributed by atoms with Gasteiger partial charge in [-0.25, -0.2) is 4.39 Å². The van der Waals surface area contributed by atoms with Crippen molar-refractivity contribution in [2.45, 2.75) is 33.2 Å². The first kappa shape index (κ1) is 15.6. The summed E-state index contributed by atoms with van der Waals surface area (Å²) >= 11 is 0. The summed E-state index contributed by atoms with van der Waals surface area (Å²) in [5, 5.41) is 20.9. The molecule has 3 nitrogen and oxygen atoms in total. The number of nitrogens with one attached hydrogen (secondary N) is 1. The maximum absolute atomic E-state index is 13.2. The summed E-state index contributed by atoms with van der Waals surface area (Å²) in [7, 11) is 0. The third-order valence-corrected chi connectivity index (χ3v) is 3.10. The first-order chi connectivity index (χ1) is 8.98. The molecule has 104 valence electrons. The Balaban J connectivity index is 2.47. The highest BCUT2D eigenvalue weighted by Gasteiger charge is 2.16. The molecule has 1 aromatic carbocycles. The average Bonchev–Trinajstić information content (AvgIpc) is 2.38. The van der Waals surface area contributed by atoms with Gasteiger partial charge in [-0.15, -0.1) is 0 Å². The Kier molecular flexibility index (Phi) is 5.94. The number of rotatable bonds is 7. The van der Waals surface area contributed by atoms with E-state index in [1.54, 1.807) is 12.1 Å². The number of hydrogen-bond donors (Lipinski definition) is 2. The molecule has 1 rings (SSSR count). The Hall–Kier alpha value is -1.44. The van der Waals surface area contributed by atoms with E-state index in [-0.39, 0.29) is 17.6 Å². The van der Waals surface area contributed by atoms with Crippen LogP contribution in [0.25, 0.3) is 0 Å². The van der Waals surface area contributed by atoms with Crippen molar-refractivity contribution in [1.29, 1.82) is 5.26 Å². The Labute approximate surface area is 114 Å². The molecule has 0 bridgehead atoms. The molecule has 0 aliphatic rings. The Morgan fingerprint density at radius 2 is 2.16 bits per heavy atom. The first-order valence-corrected chi connectivity index (χ1v) is 6.48. The van der Waals surface area contributed by atoms with E-state index < -0.39 is 5.82 Å². The minimum atomic E-state index is -0.477. The van der Waals surface area contributed by atoms with Crippen molar-refractivity contribution >= 4 is 0 Å². The van der Waals surface area contributed by atoms with Gasteiger partial charge in [-0.05, 0) is 36.0 Å². The summed E-state index contributed by atoms with van der Waals surface area (Å²) in [5.41, 5.74) is 1.09. The van der Waals surface area contributed by atoms with Crippen LogP contribution in [0.1, 0.15) is 37.8 Å². The second kappa shape index (κ2) is 7.22.